The predicted molar refractivity (Wildman–Crippen MR) is 91.0 cm³/mol. The van der Waals surface area contributed by atoms with Crippen LogP contribution in [0.25, 0.3) is 0 Å². The van der Waals surface area contributed by atoms with Gasteiger partial charge in [0.2, 0.25) is 5.91 Å². The van der Waals surface area contributed by atoms with Crippen LogP contribution in [-0.2, 0) is 14.6 Å². The Labute approximate surface area is 137 Å². The minimum atomic E-state index is -3.28. The summed E-state index contributed by atoms with van der Waals surface area (Å²) >= 11 is 0. The van der Waals surface area contributed by atoms with E-state index in [1.807, 2.05) is 0 Å². The van der Waals surface area contributed by atoms with Gasteiger partial charge in [-0.25, -0.2) is 8.42 Å². The number of amides is 1. The van der Waals surface area contributed by atoms with Crippen LogP contribution in [0.4, 0.5) is 5.69 Å². The fourth-order valence-corrected chi connectivity index (χ4v) is 5.36. The molecule has 2 aliphatic rings. The Morgan fingerprint density at radius 3 is 2.65 bits per heavy atom. The van der Waals surface area contributed by atoms with Crippen LogP contribution < -0.4 is 5.32 Å². The number of hydrogen-bond donors (Lipinski definition) is 1. The third kappa shape index (κ3) is 3.83. The molecule has 0 aromatic heterocycles. The first kappa shape index (κ1) is 16.2. The Balaban J connectivity index is 1.69. The highest BCUT2D eigenvalue weighted by molar-refractivity contribution is 7.92. The van der Waals surface area contributed by atoms with E-state index in [0.717, 1.165) is 38.5 Å². The third-order valence-electron chi connectivity index (χ3n) is 4.75. The van der Waals surface area contributed by atoms with Gasteiger partial charge in [-0.2, -0.15) is 0 Å². The molecule has 23 heavy (non-hydrogen) atoms. The Hall–Kier alpha value is -1.62. The molecule has 1 aromatic carbocycles. The van der Waals surface area contributed by atoms with Gasteiger partial charge in [0.05, 0.1) is 10.1 Å². The van der Waals surface area contributed by atoms with Crippen molar-refractivity contribution < 1.29 is 13.2 Å². The minimum absolute atomic E-state index is 0.0584. The molecule has 1 atom stereocenters. The first-order valence-corrected chi connectivity index (χ1v) is 9.91. The molecule has 1 N–H and O–H groups in total. The van der Waals surface area contributed by atoms with Crippen molar-refractivity contribution in [2.45, 2.75) is 55.1 Å². The van der Waals surface area contributed by atoms with Crippen molar-refractivity contribution >= 4 is 21.4 Å². The molecule has 1 amide bonds. The largest absolute Gasteiger partial charge is 0.326 e. The van der Waals surface area contributed by atoms with Crippen molar-refractivity contribution in [3.63, 3.8) is 0 Å². The highest BCUT2D eigenvalue weighted by Gasteiger charge is 2.30. The average molecular weight is 333 g/mol. The second kappa shape index (κ2) is 6.87. The van der Waals surface area contributed by atoms with E-state index in [0.29, 0.717) is 22.9 Å². The molecule has 0 saturated heterocycles. The number of carbonyl (C=O) groups is 1. The summed E-state index contributed by atoms with van der Waals surface area (Å²) in [5, 5.41) is 2.57. The zero-order chi connectivity index (χ0) is 16.3. The number of carbonyl (C=O) groups excluding carboxylic acids is 1. The number of hydrogen-bond acceptors (Lipinski definition) is 3. The lowest BCUT2D eigenvalue weighted by Gasteiger charge is -2.13. The molecule has 124 valence electrons. The van der Waals surface area contributed by atoms with Crippen molar-refractivity contribution in [2.24, 2.45) is 5.92 Å². The number of rotatable bonds is 5. The third-order valence-corrected chi connectivity index (χ3v) is 7.01. The van der Waals surface area contributed by atoms with Crippen LogP contribution in [0.15, 0.2) is 41.3 Å². The molecule has 1 fully saturated rings. The summed E-state index contributed by atoms with van der Waals surface area (Å²) in [6, 6.07) is 6.67. The van der Waals surface area contributed by atoms with E-state index in [1.54, 1.807) is 24.3 Å². The van der Waals surface area contributed by atoms with Crippen LogP contribution in [0, 0.1) is 5.92 Å². The lowest BCUT2D eigenvalue weighted by atomic mass is 10.1. The number of allylic oxidation sites excluding steroid dienone is 2. The average Bonchev–Trinajstić information content (AvgIpc) is 3.20. The van der Waals surface area contributed by atoms with Crippen LogP contribution in [-0.4, -0.2) is 19.6 Å². The summed E-state index contributed by atoms with van der Waals surface area (Å²) in [6.45, 7) is 0. The van der Waals surface area contributed by atoms with Gasteiger partial charge in [-0.3, -0.25) is 4.79 Å². The van der Waals surface area contributed by atoms with Gasteiger partial charge in [-0.15, -0.1) is 0 Å². The fraction of sp³-hybridized carbons (Fsp3) is 0.500. The van der Waals surface area contributed by atoms with Gasteiger partial charge < -0.3 is 5.32 Å². The van der Waals surface area contributed by atoms with Crippen LogP contribution in [0.2, 0.25) is 0 Å². The van der Waals surface area contributed by atoms with Crippen molar-refractivity contribution in [3.8, 4) is 0 Å². The van der Waals surface area contributed by atoms with E-state index in [9.17, 15) is 13.2 Å². The van der Waals surface area contributed by atoms with Crippen LogP contribution in [0.1, 0.15) is 44.9 Å². The van der Waals surface area contributed by atoms with Gasteiger partial charge in [0.15, 0.2) is 9.84 Å². The maximum absolute atomic E-state index is 12.6. The molecule has 0 radical (unpaired) electrons. The smallest absolute Gasteiger partial charge is 0.224 e. The SMILES string of the molecule is O=C(CC1C=CCC1)Nc1cccc(S(=O)(=O)C2CCCC2)c1. The molecule has 1 unspecified atom stereocenters. The summed E-state index contributed by atoms with van der Waals surface area (Å²) in [5.41, 5.74) is 0.566. The van der Waals surface area contributed by atoms with E-state index < -0.39 is 9.84 Å². The number of benzene rings is 1. The van der Waals surface area contributed by atoms with Gasteiger partial charge in [-0.1, -0.05) is 31.1 Å². The van der Waals surface area contributed by atoms with E-state index in [1.165, 1.54) is 0 Å². The minimum Gasteiger partial charge on any atom is -0.326 e. The second-order valence-electron chi connectivity index (χ2n) is 6.50. The molecule has 0 spiro atoms. The molecule has 4 nitrogen and oxygen atoms in total. The van der Waals surface area contributed by atoms with E-state index in [-0.39, 0.29) is 11.2 Å². The molecule has 0 aliphatic heterocycles. The van der Waals surface area contributed by atoms with Gasteiger partial charge in [-0.05, 0) is 49.8 Å². The highest BCUT2D eigenvalue weighted by Crippen LogP contribution is 2.30. The first-order chi connectivity index (χ1) is 11.1. The summed E-state index contributed by atoms with van der Waals surface area (Å²) in [7, 11) is -3.28. The zero-order valence-corrected chi connectivity index (χ0v) is 14.0. The summed E-state index contributed by atoms with van der Waals surface area (Å²) < 4.78 is 25.3. The zero-order valence-electron chi connectivity index (χ0n) is 13.2. The lowest BCUT2D eigenvalue weighted by Crippen LogP contribution is -2.19. The Morgan fingerprint density at radius 1 is 1.17 bits per heavy atom. The maximum atomic E-state index is 12.6. The summed E-state index contributed by atoms with van der Waals surface area (Å²) in [6.07, 6.45) is 10.1. The Bertz CT molecular complexity index is 703. The molecule has 1 aromatic rings. The van der Waals surface area contributed by atoms with E-state index in [2.05, 4.69) is 17.5 Å². The van der Waals surface area contributed by atoms with Crippen molar-refractivity contribution in [2.75, 3.05) is 5.32 Å². The Kier molecular flexibility index (Phi) is 4.85. The second-order valence-corrected chi connectivity index (χ2v) is 8.73. The molecule has 0 bridgehead atoms. The van der Waals surface area contributed by atoms with Crippen molar-refractivity contribution in [3.05, 3.63) is 36.4 Å². The van der Waals surface area contributed by atoms with Gasteiger partial charge in [0.1, 0.15) is 0 Å². The topological polar surface area (TPSA) is 63.2 Å². The fourth-order valence-electron chi connectivity index (χ4n) is 3.46. The van der Waals surface area contributed by atoms with Crippen LogP contribution in [0.3, 0.4) is 0 Å². The maximum Gasteiger partial charge on any atom is 0.224 e. The quantitative estimate of drug-likeness (QED) is 0.836. The lowest BCUT2D eigenvalue weighted by molar-refractivity contribution is -0.116. The normalized spacial score (nSPS) is 21.7. The first-order valence-electron chi connectivity index (χ1n) is 8.36. The molecule has 0 heterocycles. The van der Waals surface area contributed by atoms with Gasteiger partial charge in [0, 0.05) is 12.1 Å². The predicted octanol–water partition coefficient (Wildman–Crippen LogP) is 3.70. The number of anilines is 1. The van der Waals surface area contributed by atoms with Crippen molar-refractivity contribution in [1.82, 2.24) is 0 Å². The van der Waals surface area contributed by atoms with Gasteiger partial charge >= 0.3 is 0 Å². The molecular formula is C18H23NO3S. The molecule has 3 rings (SSSR count). The number of nitrogens with one attached hydrogen (secondary N) is 1. The van der Waals surface area contributed by atoms with Gasteiger partial charge in [0.25, 0.3) is 0 Å². The van der Waals surface area contributed by atoms with E-state index in [4.69, 9.17) is 0 Å². The number of sulfone groups is 1. The molecule has 2 aliphatic carbocycles. The van der Waals surface area contributed by atoms with E-state index >= 15 is 0 Å². The highest BCUT2D eigenvalue weighted by atomic mass is 32.2. The Morgan fingerprint density at radius 2 is 1.96 bits per heavy atom. The van der Waals surface area contributed by atoms with Crippen LogP contribution in [0.5, 0.6) is 0 Å². The molecule has 1 saturated carbocycles. The standard InChI is InChI=1S/C18H23NO3S/c20-18(12-14-6-1-2-7-14)19-15-8-5-11-17(13-15)23(21,22)16-9-3-4-10-16/h1,5-6,8,11,13-14,16H,2-4,7,9-10,12H2,(H,19,20). The molecular weight excluding hydrogens is 310 g/mol. The van der Waals surface area contributed by atoms with Crippen molar-refractivity contribution in [1.29, 1.82) is 0 Å². The monoisotopic (exact) mass is 333 g/mol. The summed E-state index contributed by atoms with van der Waals surface area (Å²) in [4.78, 5) is 12.4. The molecule has 5 heteroatoms. The summed E-state index contributed by atoms with van der Waals surface area (Å²) in [5.74, 6) is 0.248. The van der Waals surface area contributed by atoms with Crippen LogP contribution >= 0.6 is 0 Å².